The summed E-state index contributed by atoms with van der Waals surface area (Å²) in [5.41, 5.74) is 0.913. The number of rotatable bonds is 4. The standard InChI is InChI=1S/C15H21ClFN/c1-9(2)18-8-11-13(15(11,3)4)10-6-5-7-12(16)14(10)17/h5-7,9,11,13,18H,8H2,1-4H3. The van der Waals surface area contributed by atoms with Crippen LogP contribution >= 0.6 is 11.6 Å². The Morgan fingerprint density at radius 2 is 2.06 bits per heavy atom. The van der Waals surface area contributed by atoms with E-state index in [4.69, 9.17) is 11.6 Å². The minimum Gasteiger partial charge on any atom is -0.314 e. The van der Waals surface area contributed by atoms with Crippen LogP contribution in [-0.4, -0.2) is 12.6 Å². The summed E-state index contributed by atoms with van der Waals surface area (Å²) in [6, 6.07) is 5.77. The molecule has 2 atom stereocenters. The van der Waals surface area contributed by atoms with Crippen molar-refractivity contribution >= 4 is 11.6 Å². The lowest BCUT2D eigenvalue weighted by molar-refractivity contribution is 0.491. The van der Waals surface area contributed by atoms with Crippen LogP contribution in [0.25, 0.3) is 0 Å². The number of hydrogen-bond acceptors (Lipinski definition) is 1. The smallest absolute Gasteiger partial charge is 0.145 e. The first-order valence-electron chi connectivity index (χ1n) is 6.53. The number of halogens is 2. The van der Waals surface area contributed by atoms with E-state index in [0.29, 0.717) is 12.0 Å². The molecule has 3 heteroatoms. The van der Waals surface area contributed by atoms with Gasteiger partial charge in [0.05, 0.1) is 5.02 Å². The van der Waals surface area contributed by atoms with E-state index >= 15 is 0 Å². The maximum Gasteiger partial charge on any atom is 0.145 e. The van der Waals surface area contributed by atoms with Gasteiger partial charge in [-0.25, -0.2) is 4.39 Å². The van der Waals surface area contributed by atoms with Crippen molar-refractivity contribution in [3.63, 3.8) is 0 Å². The van der Waals surface area contributed by atoms with E-state index in [9.17, 15) is 4.39 Å². The lowest BCUT2D eigenvalue weighted by Crippen LogP contribution is -2.26. The highest BCUT2D eigenvalue weighted by Gasteiger charge is 2.58. The highest BCUT2D eigenvalue weighted by molar-refractivity contribution is 6.30. The fourth-order valence-corrected chi connectivity index (χ4v) is 3.05. The average Bonchev–Trinajstić information content (AvgIpc) is 2.81. The van der Waals surface area contributed by atoms with Gasteiger partial charge < -0.3 is 5.32 Å². The quantitative estimate of drug-likeness (QED) is 0.863. The molecule has 0 amide bonds. The van der Waals surface area contributed by atoms with E-state index in [1.54, 1.807) is 6.07 Å². The Labute approximate surface area is 114 Å². The van der Waals surface area contributed by atoms with E-state index in [1.807, 2.05) is 12.1 Å². The van der Waals surface area contributed by atoms with Crippen molar-refractivity contribution in [3.05, 3.63) is 34.6 Å². The van der Waals surface area contributed by atoms with Crippen LogP contribution in [0.2, 0.25) is 5.02 Å². The van der Waals surface area contributed by atoms with Crippen LogP contribution in [0.4, 0.5) is 4.39 Å². The molecule has 2 rings (SSSR count). The molecule has 1 aromatic carbocycles. The first-order valence-corrected chi connectivity index (χ1v) is 6.90. The predicted octanol–water partition coefficient (Wildman–Crippen LogP) is 4.22. The minimum atomic E-state index is -0.246. The van der Waals surface area contributed by atoms with Crippen molar-refractivity contribution in [1.29, 1.82) is 0 Å². The van der Waals surface area contributed by atoms with Gasteiger partial charge in [0.2, 0.25) is 0 Å². The molecule has 0 spiro atoms. The second kappa shape index (κ2) is 4.82. The maximum absolute atomic E-state index is 14.1. The molecule has 1 saturated carbocycles. The summed E-state index contributed by atoms with van der Waals surface area (Å²) < 4.78 is 14.1. The largest absolute Gasteiger partial charge is 0.314 e. The highest BCUT2D eigenvalue weighted by Crippen LogP contribution is 2.64. The highest BCUT2D eigenvalue weighted by atomic mass is 35.5. The number of nitrogens with one attached hydrogen (secondary N) is 1. The molecule has 0 aromatic heterocycles. The summed E-state index contributed by atoms with van der Waals surface area (Å²) in [5, 5.41) is 3.67. The molecule has 2 unspecified atom stereocenters. The second-order valence-electron chi connectivity index (χ2n) is 6.11. The zero-order valence-electron chi connectivity index (χ0n) is 11.4. The first kappa shape index (κ1) is 13.8. The molecule has 0 aliphatic heterocycles. The summed E-state index contributed by atoms with van der Waals surface area (Å²) >= 11 is 5.86. The second-order valence-corrected chi connectivity index (χ2v) is 6.52. The van der Waals surface area contributed by atoms with Crippen molar-refractivity contribution in [2.45, 2.75) is 39.7 Å². The Kier molecular flexibility index (Phi) is 3.70. The third-order valence-corrected chi connectivity index (χ3v) is 4.40. The van der Waals surface area contributed by atoms with Gasteiger partial charge in [-0.15, -0.1) is 0 Å². The Morgan fingerprint density at radius 1 is 1.39 bits per heavy atom. The van der Waals surface area contributed by atoms with Crippen molar-refractivity contribution in [3.8, 4) is 0 Å². The summed E-state index contributed by atoms with van der Waals surface area (Å²) in [6.07, 6.45) is 0. The van der Waals surface area contributed by atoms with Crippen LogP contribution in [0, 0.1) is 17.2 Å². The molecular formula is C15H21ClFN. The molecule has 1 N–H and O–H groups in total. The minimum absolute atomic E-state index is 0.146. The van der Waals surface area contributed by atoms with E-state index < -0.39 is 0 Å². The van der Waals surface area contributed by atoms with Crippen LogP contribution in [0.1, 0.15) is 39.2 Å². The van der Waals surface area contributed by atoms with E-state index in [-0.39, 0.29) is 22.2 Å². The van der Waals surface area contributed by atoms with Gasteiger partial charge in [-0.3, -0.25) is 0 Å². The van der Waals surface area contributed by atoms with E-state index in [1.165, 1.54) is 0 Å². The van der Waals surface area contributed by atoms with Crippen LogP contribution in [0.15, 0.2) is 18.2 Å². The van der Waals surface area contributed by atoms with Crippen molar-refractivity contribution in [1.82, 2.24) is 5.32 Å². The lowest BCUT2D eigenvalue weighted by Gasteiger charge is -2.08. The fraction of sp³-hybridized carbons (Fsp3) is 0.600. The lowest BCUT2D eigenvalue weighted by atomic mass is 10.0. The van der Waals surface area contributed by atoms with E-state index in [0.717, 1.165) is 12.1 Å². The van der Waals surface area contributed by atoms with Gasteiger partial charge in [0.25, 0.3) is 0 Å². The number of hydrogen-bond donors (Lipinski definition) is 1. The van der Waals surface area contributed by atoms with Gasteiger partial charge in [0.15, 0.2) is 0 Å². The van der Waals surface area contributed by atoms with E-state index in [2.05, 4.69) is 33.0 Å². The predicted molar refractivity (Wildman–Crippen MR) is 74.6 cm³/mol. The molecule has 0 saturated heterocycles. The molecule has 1 aromatic rings. The van der Waals surface area contributed by atoms with Gasteiger partial charge in [0, 0.05) is 6.04 Å². The summed E-state index contributed by atoms with van der Waals surface area (Å²) in [5.74, 6) is 0.500. The average molecular weight is 270 g/mol. The normalized spacial score (nSPS) is 25.5. The Hall–Kier alpha value is -0.600. The van der Waals surface area contributed by atoms with Gasteiger partial charge in [-0.2, -0.15) is 0 Å². The molecule has 18 heavy (non-hydrogen) atoms. The third kappa shape index (κ3) is 2.41. The first-order chi connectivity index (χ1) is 8.35. The molecule has 1 nitrogen and oxygen atoms in total. The Morgan fingerprint density at radius 3 is 2.67 bits per heavy atom. The van der Waals surface area contributed by atoms with Gasteiger partial charge in [-0.05, 0) is 35.4 Å². The van der Waals surface area contributed by atoms with Crippen molar-refractivity contribution in [2.24, 2.45) is 11.3 Å². The summed E-state index contributed by atoms with van der Waals surface area (Å²) in [7, 11) is 0. The molecule has 100 valence electrons. The molecule has 1 aliphatic rings. The molecule has 1 fully saturated rings. The number of benzene rings is 1. The fourth-order valence-electron chi connectivity index (χ4n) is 2.87. The Balaban J connectivity index is 2.17. The monoisotopic (exact) mass is 269 g/mol. The van der Waals surface area contributed by atoms with Crippen molar-refractivity contribution < 1.29 is 4.39 Å². The van der Waals surface area contributed by atoms with Crippen LogP contribution in [-0.2, 0) is 0 Å². The van der Waals surface area contributed by atoms with Gasteiger partial charge >= 0.3 is 0 Å². The summed E-state index contributed by atoms with van der Waals surface area (Å²) in [4.78, 5) is 0. The molecular weight excluding hydrogens is 249 g/mol. The molecule has 0 radical (unpaired) electrons. The van der Waals surface area contributed by atoms with Crippen LogP contribution < -0.4 is 5.32 Å². The molecule has 1 aliphatic carbocycles. The third-order valence-electron chi connectivity index (χ3n) is 4.11. The zero-order valence-corrected chi connectivity index (χ0v) is 12.2. The summed E-state index contributed by atoms with van der Waals surface area (Å²) in [6.45, 7) is 9.59. The topological polar surface area (TPSA) is 12.0 Å². The van der Waals surface area contributed by atoms with Gasteiger partial charge in [-0.1, -0.05) is 51.4 Å². The van der Waals surface area contributed by atoms with Crippen molar-refractivity contribution in [2.75, 3.05) is 6.54 Å². The maximum atomic E-state index is 14.1. The zero-order chi connectivity index (χ0) is 13.5. The SMILES string of the molecule is CC(C)NCC1C(c2cccc(Cl)c2F)C1(C)C. The molecule has 0 bridgehead atoms. The van der Waals surface area contributed by atoms with Crippen LogP contribution in [0.3, 0.4) is 0 Å². The molecule has 0 heterocycles. The Bertz CT molecular complexity index is 442. The van der Waals surface area contributed by atoms with Gasteiger partial charge in [0.1, 0.15) is 5.82 Å². The van der Waals surface area contributed by atoms with Crippen LogP contribution in [0.5, 0.6) is 0 Å².